The Morgan fingerprint density at radius 2 is 2.12 bits per heavy atom. The van der Waals surface area contributed by atoms with Crippen molar-refractivity contribution in [3.05, 3.63) is 22.5 Å². The van der Waals surface area contributed by atoms with Gasteiger partial charge in [0.25, 0.3) is 0 Å². The van der Waals surface area contributed by atoms with Crippen LogP contribution in [0.2, 0.25) is 0 Å². The topological polar surface area (TPSA) is 64.2 Å². The van der Waals surface area contributed by atoms with Crippen molar-refractivity contribution in [2.45, 2.75) is 38.8 Å². The lowest BCUT2D eigenvalue weighted by Gasteiger charge is -2.34. The Morgan fingerprint density at radius 3 is 2.59 bits per heavy atom. The predicted molar refractivity (Wildman–Crippen MR) is 63.9 cm³/mol. The normalized spacial score (nSPS) is 18.8. The van der Waals surface area contributed by atoms with Crippen LogP contribution in [0.4, 0.5) is 5.69 Å². The van der Waals surface area contributed by atoms with Crippen LogP contribution in [0.25, 0.3) is 0 Å². The van der Waals surface area contributed by atoms with E-state index < -0.39 is 4.92 Å². The van der Waals surface area contributed by atoms with Gasteiger partial charge in [-0.1, -0.05) is 0 Å². The summed E-state index contributed by atoms with van der Waals surface area (Å²) in [7, 11) is 0. The van der Waals surface area contributed by atoms with Crippen LogP contribution in [0, 0.1) is 10.1 Å². The number of likely N-dealkylation sites (tertiary alicyclic amines) is 1. The highest BCUT2D eigenvalue weighted by Gasteiger charge is 2.23. The molecule has 1 aliphatic heterocycles. The molecule has 2 rings (SSSR count). The van der Waals surface area contributed by atoms with Gasteiger partial charge in [0.15, 0.2) is 0 Å². The van der Waals surface area contributed by atoms with Crippen molar-refractivity contribution in [3.63, 3.8) is 0 Å². The van der Waals surface area contributed by atoms with Crippen molar-refractivity contribution >= 4 is 5.69 Å². The number of nitro groups is 1. The van der Waals surface area contributed by atoms with Gasteiger partial charge in [0.1, 0.15) is 12.4 Å². The summed E-state index contributed by atoms with van der Waals surface area (Å²) < 4.78 is 1.75. The summed E-state index contributed by atoms with van der Waals surface area (Å²) in [5, 5.41) is 14.7. The van der Waals surface area contributed by atoms with Crippen molar-refractivity contribution in [1.82, 2.24) is 14.7 Å². The molecule has 2 heterocycles. The quantitative estimate of drug-likeness (QED) is 0.595. The van der Waals surface area contributed by atoms with Crippen molar-refractivity contribution in [2.24, 2.45) is 0 Å². The van der Waals surface area contributed by atoms with Crippen LogP contribution in [0.5, 0.6) is 0 Å². The third-order valence-corrected chi connectivity index (χ3v) is 3.40. The van der Waals surface area contributed by atoms with Crippen molar-refractivity contribution in [3.8, 4) is 0 Å². The first kappa shape index (κ1) is 12.0. The SMILES string of the molecule is CC(C)N1CCC(n2cc([N+](=O)[O-])cn2)CC1. The number of rotatable bonds is 3. The molecule has 0 aromatic carbocycles. The summed E-state index contributed by atoms with van der Waals surface area (Å²) in [5.41, 5.74) is 0.0799. The van der Waals surface area contributed by atoms with Gasteiger partial charge in [-0.2, -0.15) is 5.10 Å². The predicted octanol–water partition coefficient (Wildman–Crippen LogP) is 1.84. The molecule has 1 saturated heterocycles. The molecule has 1 aliphatic rings. The van der Waals surface area contributed by atoms with Gasteiger partial charge in [0.05, 0.1) is 11.0 Å². The molecule has 0 saturated carbocycles. The summed E-state index contributed by atoms with van der Waals surface area (Å²) in [6, 6.07) is 0.876. The van der Waals surface area contributed by atoms with E-state index in [9.17, 15) is 10.1 Å². The zero-order valence-electron chi connectivity index (χ0n) is 10.2. The van der Waals surface area contributed by atoms with Gasteiger partial charge in [-0.15, -0.1) is 0 Å². The smallest absolute Gasteiger partial charge is 0.301 e. The molecule has 1 aromatic rings. The minimum absolute atomic E-state index is 0.0799. The molecule has 0 aliphatic carbocycles. The lowest BCUT2D eigenvalue weighted by Crippen LogP contribution is -2.39. The van der Waals surface area contributed by atoms with Gasteiger partial charge in [-0.05, 0) is 26.7 Å². The molecule has 1 aromatic heterocycles. The van der Waals surface area contributed by atoms with Crippen LogP contribution >= 0.6 is 0 Å². The third-order valence-electron chi connectivity index (χ3n) is 3.40. The zero-order valence-corrected chi connectivity index (χ0v) is 10.2. The fourth-order valence-corrected chi connectivity index (χ4v) is 2.29. The number of aromatic nitrogens is 2. The highest BCUT2D eigenvalue weighted by molar-refractivity contribution is 5.21. The van der Waals surface area contributed by atoms with E-state index in [2.05, 4.69) is 23.8 Å². The number of hydrogen-bond acceptors (Lipinski definition) is 4. The molecule has 0 atom stereocenters. The summed E-state index contributed by atoms with van der Waals surface area (Å²) in [4.78, 5) is 12.6. The average molecular weight is 238 g/mol. The molecule has 0 N–H and O–H groups in total. The third kappa shape index (κ3) is 2.63. The van der Waals surface area contributed by atoms with E-state index in [0.29, 0.717) is 12.1 Å². The molecule has 6 nitrogen and oxygen atoms in total. The van der Waals surface area contributed by atoms with E-state index in [1.165, 1.54) is 12.4 Å². The molecular weight excluding hydrogens is 220 g/mol. The Hall–Kier alpha value is -1.43. The standard InChI is InChI=1S/C11H18N4O2/c1-9(2)13-5-3-10(4-6-13)14-8-11(7-12-14)15(16)17/h7-10H,3-6H2,1-2H3. The van der Waals surface area contributed by atoms with Gasteiger partial charge < -0.3 is 4.90 Å². The zero-order chi connectivity index (χ0) is 12.4. The Kier molecular flexibility index (Phi) is 3.42. The molecule has 0 bridgehead atoms. The van der Waals surface area contributed by atoms with E-state index in [4.69, 9.17) is 0 Å². The first-order valence-electron chi connectivity index (χ1n) is 6.00. The molecule has 0 unspecified atom stereocenters. The molecule has 94 valence electrons. The molecule has 0 spiro atoms. The molecule has 17 heavy (non-hydrogen) atoms. The second-order valence-corrected chi connectivity index (χ2v) is 4.80. The Balaban J connectivity index is 1.98. The summed E-state index contributed by atoms with van der Waals surface area (Å²) in [5.74, 6) is 0. The first-order chi connectivity index (χ1) is 8.08. The van der Waals surface area contributed by atoms with Crippen LogP contribution in [0.3, 0.4) is 0 Å². The van der Waals surface area contributed by atoms with Gasteiger partial charge in [-0.25, -0.2) is 0 Å². The van der Waals surface area contributed by atoms with E-state index in [0.717, 1.165) is 25.9 Å². The number of hydrogen-bond donors (Lipinski definition) is 0. The maximum Gasteiger partial charge on any atom is 0.307 e. The molecular formula is C11H18N4O2. The second kappa shape index (κ2) is 4.83. The van der Waals surface area contributed by atoms with Crippen LogP contribution in [0.1, 0.15) is 32.7 Å². The van der Waals surface area contributed by atoms with Gasteiger partial charge in [-0.3, -0.25) is 14.8 Å². The maximum atomic E-state index is 10.6. The van der Waals surface area contributed by atoms with Crippen molar-refractivity contribution in [2.75, 3.05) is 13.1 Å². The lowest BCUT2D eigenvalue weighted by molar-refractivity contribution is -0.385. The van der Waals surface area contributed by atoms with Gasteiger partial charge >= 0.3 is 5.69 Å². The van der Waals surface area contributed by atoms with Gasteiger partial charge in [0, 0.05) is 19.1 Å². The molecule has 0 amide bonds. The summed E-state index contributed by atoms with van der Waals surface area (Å²) in [6.07, 6.45) is 4.89. The van der Waals surface area contributed by atoms with Crippen LogP contribution in [-0.4, -0.2) is 38.7 Å². The lowest BCUT2D eigenvalue weighted by atomic mass is 10.0. The molecule has 1 fully saturated rings. The van der Waals surface area contributed by atoms with E-state index in [1.807, 2.05) is 0 Å². The fraction of sp³-hybridized carbons (Fsp3) is 0.727. The highest BCUT2D eigenvalue weighted by Crippen LogP contribution is 2.24. The number of nitrogens with zero attached hydrogens (tertiary/aromatic N) is 4. The molecule has 6 heteroatoms. The Bertz CT molecular complexity index is 394. The van der Waals surface area contributed by atoms with E-state index >= 15 is 0 Å². The Labute approximate surface area is 100 Å². The average Bonchev–Trinajstić information content (AvgIpc) is 2.78. The van der Waals surface area contributed by atoms with E-state index in [1.54, 1.807) is 4.68 Å². The first-order valence-corrected chi connectivity index (χ1v) is 6.00. The number of piperidine rings is 1. The van der Waals surface area contributed by atoms with Crippen LogP contribution < -0.4 is 0 Å². The minimum Gasteiger partial charge on any atom is -0.301 e. The fourth-order valence-electron chi connectivity index (χ4n) is 2.29. The van der Waals surface area contributed by atoms with E-state index in [-0.39, 0.29) is 5.69 Å². The minimum atomic E-state index is -0.396. The van der Waals surface area contributed by atoms with Gasteiger partial charge in [0.2, 0.25) is 0 Å². The summed E-state index contributed by atoms with van der Waals surface area (Å²) in [6.45, 7) is 6.46. The largest absolute Gasteiger partial charge is 0.307 e. The summed E-state index contributed by atoms with van der Waals surface area (Å²) >= 11 is 0. The molecule has 0 radical (unpaired) electrons. The van der Waals surface area contributed by atoms with Crippen molar-refractivity contribution in [1.29, 1.82) is 0 Å². The Morgan fingerprint density at radius 1 is 1.47 bits per heavy atom. The van der Waals surface area contributed by atoms with Crippen molar-refractivity contribution < 1.29 is 4.92 Å². The highest BCUT2D eigenvalue weighted by atomic mass is 16.6. The monoisotopic (exact) mass is 238 g/mol. The maximum absolute atomic E-state index is 10.6. The van der Waals surface area contributed by atoms with Crippen LogP contribution in [-0.2, 0) is 0 Å². The van der Waals surface area contributed by atoms with Crippen LogP contribution in [0.15, 0.2) is 12.4 Å². The second-order valence-electron chi connectivity index (χ2n) is 4.80.